The van der Waals surface area contributed by atoms with E-state index in [2.05, 4.69) is 52.0 Å². The Bertz CT molecular complexity index is 826. The van der Waals surface area contributed by atoms with Crippen molar-refractivity contribution < 1.29 is 9.90 Å². The van der Waals surface area contributed by atoms with Crippen molar-refractivity contribution in [2.75, 3.05) is 0 Å². The van der Waals surface area contributed by atoms with Crippen molar-refractivity contribution in [2.45, 2.75) is 51.9 Å². The zero-order chi connectivity index (χ0) is 18.2. The van der Waals surface area contributed by atoms with Gasteiger partial charge in [-0.2, -0.15) is 0 Å². The number of benzene rings is 2. The van der Waals surface area contributed by atoms with Crippen LogP contribution < -0.4 is 0 Å². The molecule has 1 aliphatic carbocycles. The lowest BCUT2D eigenvalue weighted by Crippen LogP contribution is -2.25. The summed E-state index contributed by atoms with van der Waals surface area (Å²) < 4.78 is 0. The second kappa shape index (κ2) is 6.51. The second-order valence-electron chi connectivity index (χ2n) is 7.88. The molecule has 0 amide bonds. The normalized spacial score (nSPS) is 19.4. The third-order valence-corrected chi connectivity index (χ3v) is 5.51. The smallest absolute Gasteiger partial charge is 0.335 e. The highest BCUT2D eigenvalue weighted by Gasteiger charge is 2.30. The highest BCUT2D eigenvalue weighted by Crippen LogP contribution is 2.43. The van der Waals surface area contributed by atoms with Crippen LogP contribution in [0.1, 0.15) is 79.1 Å². The van der Waals surface area contributed by atoms with Gasteiger partial charge in [0.05, 0.1) is 5.56 Å². The van der Waals surface area contributed by atoms with Crippen LogP contribution in [0.15, 0.2) is 42.5 Å². The van der Waals surface area contributed by atoms with Crippen molar-refractivity contribution in [3.05, 3.63) is 70.3 Å². The van der Waals surface area contributed by atoms with Crippen LogP contribution in [0.3, 0.4) is 0 Å². The number of carboxylic acid groups (broad SMARTS) is 1. The average Bonchev–Trinajstić information content (AvgIpc) is 2.58. The maximum absolute atomic E-state index is 11.0. The predicted octanol–water partition coefficient (Wildman–Crippen LogP) is 6.12. The number of hydrogen-bond donors (Lipinski definition) is 1. The molecule has 0 saturated carbocycles. The van der Waals surface area contributed by atoms with Gasteiger partial charge in [-0.3, -0.25) is 0 Å². The second-order valence-corrected chi connectivity index (χ2v) is 7.88. The van der Waals surface area contributed by atoms with Gasteiger partial charge in [-0.15, -0.1) is 0 Å². The van der Waals surface area contributed by atoms with Crippen LogP contribution in [0, 0.1) is 0 Å². The molecule has 0 fully saturated rings. The molecule has 1 atom stereocenters. The van der Waals surface area contributed by atoms with E-state index in [1.165, 1.54) is 35.1 Å². The van der Waals surface area contributed by atoms with Gasteiger partial charge in [0, 0.05) is 0 Å². The van der Waals surface area contributed by atoms with Gasteiger partial charge in [0.25, 0.3) is 0 Å². The Labute approximate surface area is 150 Å². The minimum absolute atomic E-state index is 0.223. The summed E-state index contributed by atoms with van der Waals surface area (Å²) in [6, 6.07) is 13.9. The molecule has 2 aromatic rings. The summed E-state index contributed by atoms with van der Waals surface area (Å²) in [6.45, 7) is 9.11. The van der Waals surface area contributed by atoms with Crippen molar-refractivity contribution >= 4 is 17.6 Å². The number of carboxylic acids is 1. The molecule has 2 heteroatoms. The predicted molar refractivity (Wildman–Crippen MR) is 104 cm³/mol. The van der Waals surface area contributed by atoms with E-state index in [0.717, 1.165) is 5.56 Å². The lowest BCUT2D eigenvalue weighted by molar-refractivity contribution is 0.0697. The largest absolute Gasteiger partial charge is 0.478 e. The van der Waals surface area contributed by atoms with Crippen LogP contribution in [0.2, 0.25) is 0 Å². The summed E-state index contributed by atoms with van der Waals surface area (Å²) in [7, 11) is 0. The first kappa shape index (κ1) is 17.5. The molecular weight excluding hydrogens is 308 g/mol. The van der Waals surface area contributed by atoms with E-state index in [9.17, 15) is 4.79 Å². The fraction of sp³-hybridized carbons (Fsp3) is 0.348. The number of hydrogen-bond acceptors (Lipinski definition) is 1. The van der Waals surface area contributed by atoms with Crippen molar-refractivity contribution in [1.29, 1.82) is 0 Å². The molecule has 1 N–H and O–H groups in total. The minimum Gasteiger partial charge on any atom is -0.478 e. The van der Waals surface area contributed by atoms with Crippen LogP contribution in [0.5, 0.6) is 0 Å². The summed E-state index contributed by atoms with van der Waals surface area (Å²) in [5.74, 6) is -0.261. The van der Waals surface area contributed by atoms with E-state index in [1.807, 2.05) is 12.1 Å². The Morgan fingerprint density at radius 3 is 2.40 bits per heavy atom. The highest BCUT2D eigenvalue weighted by atomic mass is 16.4. The van der Waals surface area contributed by atoms with Crippen molar-refractivity contribution in [3.8, 4) is 0 Å². The monoisotopic (exact) mass is 334 g/mol. The Kier molecular flexibility index (Phi) is 4.55. The topological polar surface area (TPSA) is 37.3 Å². The van der Waals surface area contributed by atoms with Crippen molar-refractivity contribution in [1.82, 2.24) is 0 Å². The van der Waals surface area contributed by atoms with E-state index in [-0.39, 0.29) is 5.41 Å². The van der Waals surface area contributed by atoms with E-state index in [1.54, 1.807) is 12.1 Å². The van der Waals surface area contributed by atoms with Crippen LogP contribution in [-0.4, -0.2) is 11.1 Å². The summed E-state index contributed by atoms with van der Waals surface area (Å²) in [6.07, 6.45) is 4.60. The number of fused-ring (bicyclic) bond motifs is 1. The van der Waals surface area contributed by atoms with Gasteiger partial charge in [0.2, 0.25) is 0 Å². The van der Waals surface area contributed by atoms with Gasteiger partial charge >= 0.3 is 5.97 Å². The molecule has 0 unspecified atom stereocenters. The molecule has 25 heavy (non-hydrogen) atoms. The third-order valence-electron chi connectivity index (χ3n) is 5.51. The maximum Gasteiger partial charge on any atom is 0.335 e. The number of rotatable bonds is 3. The fourth-order valence-electron chi connectivity index (χ4n) is 3.74. The van der Waals surface area contributed by atoms with E-state index < -0.39 is 5.97 Å². The highest BCUT2D eigenvalue weighted by molar-refractivity contribution is 5.88. The molecule has 0 spiro atoms. The summed E-state index contributed by atoms with van der Waals surface area (Å²) in [4.78, 5) is 11.0. The van der Waals surface area contributed by atoms with Crippen LogP contribution >= 0.6 is 0 Å². The first-order chi connectivity index (χ1) is 11.8. The Morgan fingerprint density at radius 1 is 1.12 bits per heavy atom. The molecule has 2 nitrogen and oxygen atoms in total. The molecule has 1 aliphatic rings. The molecule has 0 radical (unpaired) electrons. The molecule has 0 heterocycles. The summed E-state index contributed by atoms with van der Waals surface area (Å²) in [5.41, 5.74) is 6.95. The Hall–Kier alpha value is -2.35. The number of carbonyl (C=O) groups is 1. The fourth-order valence-corrected chi connectivity index (χ4v) is 3.74. The van der Waals surface area contributed by atoms with Crippen LogP contribution in [-0.2, 0) is 5.41 Å². The quantitative estimate of drug-likeness (QED) is 0.687. The molecule has 130 valence electrons. The minimum atomic E-state index is -0.890. The van der Waals surface area contributed by atoms with Gasteiger partial charge in [0.1, 0.15) is 0 Å². The van der Waals surface area contributed by atoms with E-state index in [0.29, 0.717) is 11.5 Å². The molecule has 0 bridgehead atoms. The SMILES string of the molecule is C/C(=C\c1ccc(C(=O)O)cc1)c1ccc2c(c1)C(C)(C)CC[C@H]2C. The molecule has 3 rings (SSSR count). The lowest BCUT2D eigenvalue weighted by atomic mass is 9.68. The van der Waals surface area contributed by atoms with Gasteiger partial charge in [0.15, 0.2) is 0 Å². The zero-order valence-corrected chi connectivity index (χ0v) is 15.5. The standard InChI is InChI=1S/C23H26O2/c1-15-11-12-23(3,4)21-14-19(9-10-20(15)21)16(2)13-17-5-7-18(8-6-17)22(24)25/h5-10,13-15H,11-12H2,1-4H3,(H,24,25)/b16-13+/t15-/m1/s1. The first-order valence-corrected chi connectivity index (χ1v) is 8.94. The zero-order valence-electron chi connectivity index (χ0n) is 15.5. The Morgan fingerprint density at radius 2 is 1.76 bits per heavy atom. The molecule has 0 saturated heterocycles. The summed E-state index contributed by atoms with van der Waals surface area (Å²) in [5, 5.41) is 9.00. The third kappa shape index (κ3) is 3.53. The average molecular weight is 334 g/mol. The summed E-state index contributed by atoms with van der Waals surface area (Å²) >= 11 is 0. The van der Waals surface area contributed by atoms with Crippen LogP contribution in [0.25, 0.3) is 11.6 Å². The maximum atomic E-state index is 11.0. The molecule has 0 aromatic heterocycles. The molecular formula is C23H26O2. The van der Waals surface area contributed by atoms with Gasteiger partial charge < -0.3 is 5.11 Å². The Balaban J connectivity index is 1.95. The number of allylic oxidation sites excluding steroid dienone is 1. The van der Waals surface area contributed by atoms with Crippen molar-refractivity contribution in [3.63, 3.8) is 0 Å². The van der Waals surface area contributed by atoms with E-state index in [4.69, 9.17) is 5.11 Å². The van der Waals surface area contributed by atoms with Crippen LogP contribution in [0.4, 0.5) is 0 Å². The first-order valence-electron chi connectivity index (χ1n) is 8.94. The molecule has 2 aromatic carbocycles. The van der Waals surface area contributed by atoms with Gasteiger partial charge in [-0.25, -0.2) is 4.79 Å². The van der Waals surface area contributed by atoms with E-state index >= 15 is 0 Å². The molecule has 0 aliphatic heterocycles. The van der Waals surface area contributed by atoms with Gasteiger partial charge in [-0.05, 0) is 71.1 Å². The van der Waals surface area contributed by atoms with Crippen molar-refractivity contribution in [2.24, 2.45) is 0 Å². The van der Waals surface area contributed by atoms with Gasteiger partial charge in [-0.1, -0.05) is 57.2 Å². The lowest BCUT2D eigenvalue weighted by Gasteiger charge is -2.36. The number of aromatic carboxylic acids is 1.